The topological polar surface area (TPSA) is 41.9 Å². The summed E-state index contributed by atoms with van der Waals surface area (Å²) in [4.78, 5) is 16.1. The highest BCUT2D eigenvalue weighted by atomic mass is 15.2. The van der Waals surface area contributed by atoms with Crippen LogP contribution < -0.4 is 4.90 Å². The first kappa shape index (κ1) is 16.7. The number of benzene rings is 1. The van der Waals surface area contributed by atoms with Gasteiger partial charge in [-0.2, -0.15) is 0 Å². The predicted molar refractivity (Wildman–Crippen MR) is 105 cm³/mol. The molecule has 1 fully saturated rings. The molecule has 0 bridgehead atoms. The van der Waals surface area contributed by atoms with Crippen LogP contribution in [0.25, 0.3) is 11.4 Å². The minimum atomic E-state index is 0.641. The Balaban J connectivity index is 1.55. The lowest BCUT2D eigenvalue weighted by Gasteiger charge is -2.22. The Labute approximate surface area is 155 Å². The number of hydrogen-bond donors (Lipinski definition) is 0. The van der Waals surface area contributed by atoms with Crippen molar-refractivity contribution in [1.29, 1.82) is 0 Å². The Morgan fingerprint density at radius 1 is 0.962 bits per heavy atom. The number of anilines is 1. The maximum absolute atomic E-state index is 4.84. The van der Waals surface area contributed by atoms with Crippen molar-refractivity contribution in [2.45, 2.75) is 32.1 Å². The second-order valence-corrected chi connectivity index (χ2v) is 6.96. The Morgan fingerprint density at radius 2 is 1.85 bits per heavy atom. The molecule has 26 heavy (non-hydrogen) atoms. The fourth-order valence-corrected chi connectivity index (χ4v) is 3.72. The van der Waals surface area contributed by atoms with E-state index < -0.39 is 0 Å². The van der Waals surface area contributed by atoms with Gasteiger partial charge < -0.3 is 4.90 Å². The molecule has 4 rings (SSSR count). The third-order valence-electron chi connectivity index (χ3n) is 5.08. The first-order valence-corrected chi connectivity index (χ1v) is 9.35. The Kier molecular flexibility index (Phi) is 4.91. The zero-order chi connectivity index (χ0) is 17.8. The summed E-state index contributed by atoms with van der Waals surface area (Å²) < 4.78 is 0. The van der Waals surface area contributed by atoms with E-state index in [-0.39, 0.29) is 0 Å². The van der Waals surface area contributed by atoms with Crippen LogP contribution in [0.15, 0.2) is 60.9 Å². The van der Waals surface area contributed by atoms with Crippen LogP contribution in [0.1, 0.15) is 36.4 Å². The second kappa shape index (κ2) is 7.65. The van der Waals surface area contributed by atoms with E-state index in [0.717, 1.165) is 42.4 Å². The maximum atomic E-state index is 4.84. The third kappa shape index (κ3) is 3.74. The van der Waals surface area contributed by atoms with E-state index in [1.54, 1.807) is 6.20 Å². The van der Waals surface area contributed by atoms with E-state index in [1.165, 1.54) is 18.4 Å². The van der Waals surface area contributed by atoms with E-state index >= 15 is 0 Å². The average molecular weight is 344 g/mol. The first-order chi connectivity index (χ1) is 12.8. The Morgan fingerprint density at radius 3 is 2.65 bits per heavy atom. The zero-order valence-corrected chi connectivity index (χ0v) is 15.2. The van der Waals surface area contributed by atoms with Crippen molar-refractivity contribution in [1.82, 2.24) is 15.0 Å². The van der Waals surface area contributed by atoms with Gasteiger partial charge in [0.05, 0.1) is 0 Å². The lowest BCUT2D eigenvalue weighted by molar-refractivity contribution is 0.612. The molecule has 1 aliphatic heterocycles. The number of hydrogen-bond acceptors (Lipinski definition) is 4. The van der Waals surface area contributed by atoms with Gasteiger partial charge in [0, 0.05) is 42.8 Å². The second-order valence-electron chi connectivity index (χ2n) is 6.96. The molecule has 0 N–H and O–H groups in total. The number of nitrogens with zero attached hydrogens (tertiary/aromatic N) is 4. The van der Waals surface area contributed by atoms with Crippen LogP contribution in [0.4, 0.5) is 5.82 Å². The van der Waals surface area contributed by atoms with Crippen molar-refractivity contribution in [3.63, 3.8) is 0 Å². The van der Waals surface area contributed by atoms with Gasteiger partial charge in [-0.1, -0.05) is 30.3 Å². The molecule has 4 nitrogen and oxygen atoms in total. The smallest absolute Gasteiger partial charge is 0.163 e. The van der Waals surface area contributed by atoms with Crippen molar-refractivity contribution >= 4 is 5.82 Å². The standard InChI is InChI=1S/C22H24N4/c1-17-15-21(25-22(24-17)20-9-5-12-23-16-20)26-13-6-10-19(11-14-26)18-7-3-2-4-8-18/h2-5,7-9,12,15-16,19H,6,10-11,13-14H2,1H3. The van der Waals surface area contributed by atoms with Crippen molar-refractivity contribution in [3.8, 4) is 11.4 Å². The molecule has 0 amide bonds. The fraction of sp³-hybridized carbons (Fsp3) is 0.318. The van der Waals surface area contributed by atoms with Gasteiger partial charge in [-0.15, -0.1) is 0 Å². The fourth-order valence-electron chi connectivity index (χ4n) is 3.72. The number of rotatable bonds is 3. The zero-order valence-electron chi connectivity index (χ0n) is 15.2. The molecule has 1 unspecified atom stereocenters. The highest BCUT2D eigenvalue weighted by Gasteiger charge is 2.20. The van der Waals surface area contributed by atoms with E-state index in [0.29, 0.717) is 5.92 Å². The van der Waals surface area contributed by atoms with Crippen molar-refractivity contribution in [3.05, 3.63) is 72.2 Å². The minimum absolute atomic E-state index is 0.641. The van der Waals surface area contributed by atoms with Gasteiger partial charge in [-0.3, -0.25) is 4.98 Å². The highest BCUT2D eigenvalue weighted by molar-refractivity contribution is 5.56. The maximum Gasteiger partial charge on any atom is 0.163 e. The SMILES string of the molecule is Cc1cc(N2CCCC(c3ccccc3)CC2)nc(-c2cccnc2)n1. The van der Waals surface area contributed by atoms with Crippen LogP contribution in [0.3, 0.4) is 0 Å². The van der Waals surface area contributed by atoms with Crippen molar-refractivity contribution < 1.29 is 0 Å². The van der Waals surface area contributed by atoms with E-state index in [9.17, 15) is 0 Å². The van der Waals surface area contributed by atoms with Gasteiger partial charge in [0.25, 0.3) is 0 Å². The first-order valence-electron chi connectivity index (χ1n) is 9.35. The third-order valence-corrected chi connectivity index (χ3v) is 5.08. The van der Waals surface area contributed by atoms with Gasteiger partial charge in [-0.05, 0) is 49.8 Å². The summed E-state index contributed by atoms with van der Waals surface area (Å²) in [6.45, 7) is 4.12. The molecule has 3 heterocycles. The number of aromatic nitrogens is 3. The molecule has 0 radical (unpaired) electrons. The molecular weight excluding hydrogens is 320 g/mol. The van der Waals surface area contributed by atoms with Crippen LogP contribution in [-0.2, 0) is 0 Å². The van der Waals surface area contributed by atoms with Crippen molar-refractivity contribution in [2.75, 3.05) is 18.0 Å². The van der Waals surface area contributed by atoms with Crippen LogP contribution >= 0.6 is 0 Å². The number of aryl methyl sites for hydroxylation is 1. The Hall–Kier alpha value is -2.75. The quantitative estimate of drug-likeness (QED) is 0.695. The van der Waals surface area contributed by atoms with E-state index in [1.807, 2.05) is 25.3 Å². The summed E-state index contributed by atoms with van der Waals surface area (Å²) in [6.07, 6.45) is 7.19. The van der Waals surface area contributed by atoms with Gasteiger partial charge in [0.15, 0.2) is 5.82 Å². The van der Waals surface area contributed by atoms with E-state index in [2.05, 4.69) is 51.3 Å². The average Bonchev–Trinajstić information content (AvgIpc) is 2.95. The van der Waals surface area contributed by atoms with Gasteiger partial charge in [0.1, 0.15) is 5.82 Å². The summed E-state index contributed by atoms with van der Waals surface area (Å²) in [7, 11) is 0. The molecule has 132 valence electrons. The van der Waals surface area contributed by atoms with Crippen LogP contribution in [-0.4, -0.2) is 28.0 Å². The van der Waals surface area contributed by atoms with Gasteiger partial charge in [0.2, 0.25) is 0 Å². The lowest BCUT2D eigenvalue weighted by atomic mass is 9.92. The summed E-state index contributed by atoms with van der Waals surface area (Å²) >= 11 is 0. The van der Waals surface area contributed by atoms with E-state index in [4.69, 9.17) is 4.98 Å². The van der Waals surface area contributed by atoms with Gasteiger partial charge >= 0.3 is 0 Å². The minimum Gasteiger partial charge on any atom is -0.356 e. The largest absolute Gasteiger partial charge is 0.356 e. The molecule has 1 aromatic carbocycles. The summed E-state index contributed by atoms with van der Waals surface area (Å²) in [6, 6.07) is 16.9. The molecular formula is C22H24N4. The molecule has 1 atom stereocenters. The normalized spacial score (nSPS) is 17.7. The Bertz CT molecular complexity index is 849. The summed E-state index contributed by atoms with van der Waals surface area (Å²) in [5, 5.41) is 0. The predicted octanol–water partition coefficient (Wildman–Crippen LogP) is 4.62. The molecule has 0 spiro atoms. The molecule has 0 aliphatic carbocycles. The molecule has 4 heteroatoms. The van der Waals surface area contributed by atoms with Crippen LogP contribution in [0.5, 0.6) is 0 Å². The molecule has 0 saturated carbocycles. The van der Waals surface area contributed by atoms with Crippen molar-refractivity contribution in [2.24, 2.45) is 0 Å². The number of pyridine rings is 1. The highest BCUT2D eigenvalue weighted by Crippen LogP contribution is 2.30. The van der Waals surface area contributed by atoms with Gasteiger partial charge in [-0.25, -0.2) is 9.97 Å². The molecule has 3 aromatic rings. The molecule has 2 aromatic heterocycles. The van der Waals surface area contributed by atoms with Crippen LogP contribution in [0.2, 0.25) is 0 Å². The summed E-state index contributed by atoms with van der Waals surface area (Å²) in [5.74, 6) is 2.43. The molecule has 1 aliphatic rings. The van der Waals surface area contributed by atoms with Crippen LogP contribution in [0, 0.1) is 6.92 Å². The summed E-state index contributed by atoms with van der Waals surface area (Å²) in [5.41, 5.74) is 3.43. The molecule has 1 saturated heterocycles. The monoisotopic (exact) mass is 344 g/mol. The lowest BCUT2D eigenvalue weighted by Crippen LogP contribution is -2.25.